The number of carbonyl (C=O) groups is 1. The van der Waals surface area contributed by atoms with Crippen LogP contribution in [0.1, 0.15) is 35.8 Å². The zero-order valence-electron chi connectivity index (χ0n) is 20.8. The number of halogens is 3. The highest BCUT2D eigenvalue weighted by Gasteiger charge is 2.41. The molecule has 3 aromatic heterocycles. The van der Waals surface area contributed by atoms with E-state index in [2.05, 4.69) is 20.2 Å². The van der Waals surface area contributed by atoms with Crippen LogP contribution >= 0.6 is 0 Å². The minimum absolute atomic E-state index is 0.00362. The Labute approximate surface area is 220 Å². The van der Waals surface area contributed by atoms with Crippen molar-refractivity contribution in [3.63, 3.8) is 0 Å². The minimum atomic E-state index is -4.77. The summed E-state index contributed by atoms with van der Waals surface area (Å²) in [6.45, 7) is 3.15. The number of β-amino-alcohol motifs (C(OH)–C–C–N with tert-alkyl or cyclic N) is 1. The van der Waals surface area contributed by atoms with Crippen LogP contribution in [0.25, 0.3) is 28.7 Å². The van der Waals surface area contributed by atoms with Crippen molar-refractivity contribution in [2.24, 2.45) is 5.92 Å². The predicted octanol–water partition coefficient (Wildman–Crippen LogP) is 4.14. The van der Waals surface area contributed by atoms with Gasteiger partial charge in [-0.25, -0.2) is 9.67 Å². The molecule has 13 heteroatoms. The SMILES string of the molecule is Cc1ccc(-n2ncc(-c3nc(-c4ccc(C(O)CN5CCC[C@H](C(=O)O)C5)cc4)no3)c2C(F)(F)F)nc1. The largest absolute Gasteiger partial charge is 0.481 e. The molecule has 0 amide bonds. The molecule has 39 heavy (non-hydrogen) atoms. The summed E-state index contributed by atoms with van der Waals surface area (Å²) < 4.78 is 48.0. The van der Waals surface area contributed by atoms with Crippen molar-refractivity contribution in [1.29, 1.82) is 0 Å². The molecular weight excluding hydrogens is 517 g/mol. The second-order valence-corrected chi connectivity index (χ2v) is 9.51. The minimum Gasteiger partial charge on any atom is -0.481 e. The van der Waals surface area contributed by atoms with Gasteiger partial charge in [-0.1, -0.05) is 35.5 Å². The molecule has 0 radical (unpaired) electrons. The quantitative estimate of drug-likeness (QED) is 0.354. The number of piperidine rings is 1. The molecule has 1 aliphatic heterocycles. The van der Waals surface area contributed by atoms with Crippen molar-refractivity contribution in [1.82, 2.24) is 29.8 Å². The number of aliphatic carboxylic acids is 1. The summed E-state index contributed by atoms with van der Waals surface area (Å²) in [6.07, 6.45) is -1.79. The smallest absolute Gasteiger partial charge is 0.434 e. The van der Waals surface area contributed by atoms with Crippen molar-refractivity contribution in [2.75, 3.05) is 19.6 Å². The van der Waals surface area contributed by atoms with Crippen LogP contribution in [-0.2, 0) is 11.0 Å². The summed E-state index contributed by atoms with van der Waals surface area (Å²) in [6, 6.07) is 9.66. The van der Waals surface area contributed by atoms with Gasteiger partial charge in [-0.15, -0.1) is 0 Å². The van der Waals surface area contributed by atoms with Gasteiger partial charge in [0.2, 0.25) is 5.82 Å². The van der Waals surface area contributed by atoms with Gasteiger partial charge < -0.3 is 14.7 Å². The lowest BCUT2D eigenvalue weighted by Crippen LogP contribution is -2.40. The Kier molecular flexibility index (Phi) is 7.19. The average Bonchev–Trinajstić information content (AvgIpc) is 3.57. The molecule has 1 saturated heterocycles. The molecule has 1 unspecified atom stereocenters. The van der Waals surface area contributed by atoms with Crippen LogP contribution < -0.4 is 0 Å². The molecule has 0 spiro atoms. The molecule has 2 atom stereocenters. The molecule has 0 aliphatic carbocycles. The Morgan fingerprint density at radius 2 is 1.95 bits per heavy atom. The Bertz CT molecular complexity index is 1450. The lowest BCUT2D eigenvalue weighted by atomic mass is 9.97. The number of hydrogen-bond donors (Lipinski definition) is 2. The van der Waals surface area contributed by atoms with Crippen molar-refractivity contribution in [3.8, 4) is 28.7 Å². The predicted molar refractivity (Wildman–Crippen MR) is 132 cm³/mol. The molecule has 0 saturated carbocycles. The molecular formula is C26H25F3N6O4. The Morgan fingerprint density at radius 3 is 2.62 bits per heavy atom. The summed E-state index contributed by atoms with van der Waals surface area (Å²) in [4.78, 5) is 21.4. The zero-order chi connectivity index (χ0) is 27.7. The first kappa shape index (κ1) is 26.5. The highest BCUT2D eigenvalue weighted by Crippen LogP contribution is 2.38. The van der Waals surface area contributed by atoms with Crippen LogP contribution in [0.5, 0.6) is 0 Å². The molecule has 1 fully saturated rings. The first-order valence-electron chi connectivity index (χ1n) is 12.3. The number of carboxylic acids is 1. The molecule has 5 rings (SSSR count). The van der Waals surface area contributed by atoms with E-state index in [1.54, 1.807) is 37.3 Å². The van der Waals surface area contributed by atoms with Gasteiger partial charge in [0.15, 0.2) is 11.5 Å². The van der Waals surface area contributed by atoms with E-state index >= 15 is 0 Å². The van der Waals surface area contributed by atoms with E-state index in [-0.39, 0.29) is 29.6 Å². The third-order valence-corrected chi connectivity index (χ3v) is 6.65. The Morgan fingerprint density at radius 1 is 1.18 bits per heavy atom. The normalized spacial score (nSPS) is 17.3. The van der Waals surface area contributed by atoms with E-state index in [1.165, 1.54) is 12.3 Å². The van der Waals surface area contributed by atoms with Crippen molar-refractivity contribution in [3.05, 3.63) is 65.6 Å². The van der Waals surface area contributed by atoms with Gasteiger partial charge in [0.25, 0.3) is 5.89 Å². The topological polar surface area (TPSA) is 130 Å². The van der Waals surface area contributed by atoms with Crippen LogP contribution in [0.2, 0.25) is 0 Å². The number of likely N-dealkylation sites (tertiary alicyclic amines) is 1. The maximum absolute atomic E-state index is 14.0. The van der Waals surface area contributed by atoms with E-state index in [1.807, 2.05) is 4.90 Å². The number of aromatic nitrogens is 5. The zero-order valence-corrected chi connectivity index (χ0v) is 20.8. The number of rotatable bonds is 7. The van der Waals surface area contributed by atoms with Crippen LogP contribution in [0.4, 0.5) is 13.2 Å². The molecule has 4 aromatic rings. The maximum Gasteiger partial charge on any atom is 0.434 e. The molecule has 204 valence electrons. The third kappa shape index (κ3) is 5.68. The van der Waals surface area contributed by atoms with Crippen molar-refractivity contribution in [2.45, 2.75) is 32.0 Å². The number of alkyl halides is 3. The fourth-order valence-electron chi connectivity index (χ4n) is 4.61. The van der Waals surface area contributed by atoms with E-state index < -0.39 is 29.9 Å². The van der Waals surface area contributed by atoms with Gasteiger partial charge in [-0.05, 0) is 43.5 Å². The third-order valence-electron chi connectivity index (χ3n) is 6.65. The van der Waals surface area contributed by atoms with E-state index in [4.69, 9.17) is 4.52 Å². The molecule has 1 aromatic carbocycles. The maximum atomic E-state index is 14.0. The number of carboxylic acid groups (broad SMARTS) is 1. The number of nitrogens with zero attached hydrogens (tertiary/aromatic N) is 6. The number of aryl methyl sites for hydroxylation is 1. The van der Waals surface area contributed by atoms with Crippen LogP contribution in [0, 0.1) is 12.8 Å². The molecule has 2 N–H and O–H groups in total. The average molecular weight is 543 g/mol. The highest BCUT2D eigenvalue weighted by atomic mass is 19.4. The second kappa shape index (κ2) is 10.6. The fourth-order valence-corrected chi connectivity index (χ4v) is 4.61. The van der Waals surface area contributed by atoms with Gasteiger partial charge in [0.1, 0.15) is 0 Å². The van der Waals surface area contributed by atoms with Gasteiger partial charge in [-0.3, -0.25) is 9.69 Å². The van der Waals surface area contributed by atoms with Crippen molar-refractivity contribution >= 4 is 5.97 Å². The van der Waals surface area contributed by atoms with E-state index in [9.17, 15) is 28.2 Å². The lowest BCUT2D eigenvalue weighted by molar-refractivity contribution is -0.144. The number of aliphatic hydroxyl groups is 1. The van der Waals surface area contributed by atoms with Crippen molar-refractivity contribution < 1.29 is 32.7 Å². The summed E-state index contributed by atoms with van der Waals surface area (Å²) in [5.41, 5.74) is 0.405. The standard InChI is InChI=1S/C26H25F3N6O4/c1-15-4-9-21(30-11-15)35-22(26(27,28)29)19(12-31-35)24-32-23(33-39-24)17-7-5-16(6-8-17)20(36)14-34-10-2-3-18(13-34)25(37)38/h4-9,11-12,18,20,36H,2-3,10,13-14H2,1H3,(H,37,38)/t18-,20?/m0/s1. The molecule has 1 aliphatic rings. The molecule has 10 nitrogen and oxygen atoms in total. The summed E-state index contributed by atoms with van der Waals surface area (Å²) in [7, 11) is 0. The Hall–Kier alpha value is -4.10. The summed E-state index contributed by atoms with van der Waals surface area (Å²) in [5.74, 6) is -1.56. The first-order valence-corrected chi connectivity index (χ1v) is 12.3. The fraction of sp³-hybridized carbons (Fsp3) is 0.346. The van der Waals surface area contributed by atoms with E-state index in [0.29, 0.717) is 35.3 Å². The van der Waals surface area contributed by atoms with Crippen LogP contribution in [0.3, 0.4) is 0 Å². The van der Waals surface area contributed by atoms with Gasteiger partial charge in [-0.2, -0.15) is 23.3 Å². The second-order valence-electron chi connectivity index (χ2n) is 9.51. The van der Waals surface area contributed by atoms with Crippen LogP contribution in [-0.4, -0.2) is 65.6 Å². The Balaban J connectivity index is 1.34. The number of pyridine rings is 1. The first-order chi connectivity index (χ1) is 18.6. The van der Waals surface area contributed by atoms with Gasteiger partial charge >= 0.3 is 12.1 Å². The summed E-state index contributed by atoms with van der Waals surface area (Å²) in [5, 5.41) is 27.7. The number of aliphatic hydroxyl groups excluding tert-OH is 1. The number of benzene rings is 1. The lowest BCUT2D eigenvalue weighted by Gasteiger charge is -2.32. The number of hydrogen-bond acceptors (Lipinski definition) is 8. The van der Waals surface area contributed by atoms with Gasteiger partial charge in [0, 0.05) is 24.8 Å². The molecule has 4 heterocycles. The molecule has 0 bridgehead atoms. The van der Waals surface area contributed by atoms with E-state index in [0.717, 1.165) is 18.2 Å². The highest BCUT2D eigenvalue weighted by molar-refractivity contribution is 5.70. The van der Waals surface area contributed by atoms with Gasteiger partial charge in [0.05, 0.1) is 23.8 Å². The summed E-state index contributed by atoms with van der Waals surface area (Å²) >= 11 is 0. The monoisotopic (exact) mass is 542 g/mol. The van der Waals surface area contributed by atoms with Crippen LogP contribution in [0.15, 0.2) is 53.3 Å².